The minimum absolute atomic E-state index is 0.139. The number of imide groups is 1. The number of carbonyl (C=O) groups is 4. The standard InChI is InChI=1S/C22H27N3O6/c1-22(2)13-30-10-4-9-25(22)19(27)12-31-17-6-3-5-14-15(17)11-24(21(14)29)16-7-8-18(26)23-20(16)28/h3,5-6,16H,4,7-13H2,1-2H3,(H,23,26,28). The highest BCUT2D eigenvalue weighted by atomic mass is 16.5. The fraction of sp³-hybridized carbons (Fsp3) is 0.545. The van der Waals surface area contributed by atoms with Gasteiger partial charge in [-0.2, -0.15) is 0 Å². The molecule has 9 nitrogen and oxygen atoms in total. The van der Waals surface area contributed by atoms with Crippen LogP contribution in [-0.2, 0) is 25.7 Å². The molecule has 3 heterocycles. The van der Waals surface area contributed by atoms with Crippen molar-refractivity contribution in [2.75, 3.05) is 26.4 Å². The zero-order valence-electron chi connectivity index (χ0n) is 17.8. The lowest BCUT2D eigenvalue weighted by Gasteiger charge is -2.36. The Bertz CT molecular complexity index is 928. The van der Waals surface area contributed by atoms with Gasteiger partial charge in [0, 0.05) is 30.7 Å². The molecule has 1 aromatic carbocycles. The van der Waals surface area contributed by atoms with Crippen molar-refractivity contribution in [2.45, 2.75) is 51.2 Å². The van der Waals surface area contributed by atoms with E-state index >= 15 is 0 Å². The van der Waals surface area contributed by atoms with Gasteiger partial charge in [-0.1, -0.05) is 6.07 Å². The van der Waals surface area contributed by atoms with Crippen LogP contribution < -0.4 is 10.1 Å². The van der Waals surface area contributed by atoms with Gasteiger partial charge < -0.3 is 19.3 Å². The van der Waals surface area contributed by atoms with E-state index in [0.29, 0.717) is 43.1 Å². The van der Waals surface area contributed by atoms with Gasteiger partial charge in [-0.05, 0) is 38.8 Å². The minimum atomic E-state index is -0.690. The second kappa shape index (κ2) is 8.30. The third-order valence-electron chi connectivity index (χ3n) is 6.05. The summed E-state index contributed by atoms with van der Waals surface area (Å²) in [5.74, 6) is -0.736. The minimum Gasteiger partial charge on any atom is -0.483 e. The summed E-state index contributed by atoms with van der Waals surface area (Å²) < 4.78 is 11.4. The third-order valence-corrected chi connectivity index (χ3v) is 6.05. The van der Waals surface area contributed by atoms with Gasteiger partial charge in [0.05, 0.1) is 18.7 Å². The van der Waals surface area contributed by atoms with Gasteiger partial charge in [0.25, 0.3) is 11.8 Å². The van der Waals surface area contributed by atoms with Crippen molar-refractivity contribution < 1.29 is 28.7 Å². The number of nitrogens with zero attached hydrogens (tertiary/aromatic N) is 2. The van der Waals surface area contributed by atoms with Crippen LogP contribution in [0.5, 0.6) is 5.75 Å². The Morgan fingerprint density at radius 1 is 1.29 bits per heavy atom. The Hall–Kier alpha value is -2.94. The van der Waals surface area contributed by atoms with E-state index in [1.54, 1.807) is 23.1 Å². The SMILES string of the molecule is CC1(C)COCCCN1C(=O)COc1cccc2c1CN(C1CCC(=O)NC1=O)C2=O. The molecule has 2 saturated heterocycles. The lowest BCUT2D eigenvalue weighted by molar-refractivity contribution is -0.139. The quantitative estimate of drug-likeness (QED) is 0.712. The van der Waals surface area contributed by atoms with Gasteiger partial charge in [-0.3, -0.25) is 24.5 Å². The number of piperidine rings is 1. The molecule has 0 aromatic heterocycles. The van der Waals surface area contributed by atoms with Crippen molar-refractivity contribution in [3.05, 3.63) is 29.3 Å². The highest BCUT2D eigenvalue weighted by Crippen LogP contribution is 2.33. The van der Waals surface area contributed by atoms with Crippen LogP contribution in [0.15, 0.2) is 18.2 Å². The fourth-order valence-electron chi connectivity index (χ4n) is 4.40. The number of hydrogen-bond donors (Lipinski definition) is 1. The van der Waals surface area contributed by atoms with Crippen LogP contribution in [0.1, 0.15) is 49.0 Å². The van der Waals surface area contributed by atoms with Gasteiger partial charge in [0.1, 0.15) is 11.8 Å². The molecule has 31 heavy (non-hydrogen) atoms. The van der Waals surface area contributed by atoms with E-state index in [0.717, 1.165) is 6.42 Å². The summed E-state index contributed by atoms with van der Waals surface area (Å²) in [6.45, 7) is 5.68. The lowest BCUT2D eigenvalue weighted by atomic mass is 10.0. The summed E-state index contributed by atoms with van der Waals surface area (Å²) in [5, 5.41) is 2.29. The first-order valence-electron chi connectivity index (χ1n) is 10.6. The topological polar surface area (TPSA) is 105 Å². The maximum atomic E-state index is 12.9. The highest BCUT2D eigenvalue weighted by molar-refractivity contribution is 6.05. The Balaban J connectivity index is 1.47. The molecule has 1 atom stereocenters. The summed E-state index contributed by atoms with van der Waals surface area (Å²) in [4.78, 5) is 52.7. The average molecular weight is 429 g/mol. The predicted molar refractivity (Wildman–Crippen MR) is 109 cm³/mol. The normalized spacial score (nSPS) is 23.3. The number of carbonyl (C=O) groups excluding carboxylic acids is 4. The van der Waals surface area contributed by atoms with Crippen molar-refractivity contribution in [2.24, 2.45) is 0 Å². The highest BCUT2D eigenvalue weighted by Gasteiger charge is 2.40. The molecule has 4 rings (SSSR count). The molecule has 0 aliphatic carbocycles. The molecule has 3 aliphatic heterocycles. The van der Waals surface area contributed by atoms with Crippen molar-refractivity contribution in [3.63, 3.8) is 0 Å². The number of rotatable bonds is 4. The van der Waals surface area contributed by atoms with Crippen LogP contribution in [0.4, 0.5) is 0 Å². The number of nitrogens with one attached hydrogen (secondary N) is 1. The Morgan fingerprint density at radius 3 is 2.87 bits per heavy atom. The van der Waals surface area contributed by atoms with E-state index in [-0.39, 0.29) is 37.3 Å². The van der Waals surface area contributed by atoms with Crippen molar-refractivity contribution in [1.82, 2.24) is 15.1 Å². The van der Waals surface area contributed by atoms with Gasteiger partial charge >= 0.3 is 0 Å². The second-order valence-electron chi connectivity index (χ2n) is 8.73. The molecule has 1 unspecified atom stereocenters. The molecule has 0 saturated carbocycles. The molecule has 2 fully saturated rings. The number of hydrogen-bond acceptors (Lipinski definition) is 6. The zero-order valence-corrected chi connectivity index (χ0v) is 17.8. The van der Waals surface area contributed by atoms with E-state index in [1.165, 1.54) is 4.90 Å². The molecule has 0 radical (unpaired) electrons. The first-order chi connectivity index (χ1) is 14.8. The van der Waals surface area contributed by atoms with Gasteiger partial charge in [-0.25, -0.2) is 0 Å². The summed E-state index contributed by atoms with van der Waals surface area (Å²) in [6, 6.07) is 4.43. The molecule has 3 aliphatic rings. The summed E-state index contributed by atoms with van der Waals surface area (Å²) >= 11 is 0. The molecule has 1 aromatic rings. The van der Waals surface area contributed by atoms with Gasteiger partial charge in [-0.15, -0.1) is 0 Å². The van der Waals surface area contributed by atoms with Crippen molar-refractivity contribution in [1.29, 1.82) is 0 Å². The molecule has 9 heteroatoms. The average Bonchev–Trinajstić information content (AvgIpc) is 2.94. The van der Waals surface area contributed by atoms with Gasteiger partial charge in [0.2, 0.25) is 11.8 Å². The summed E-state index contributed by atoms with van der Waals surface area (Å²) in [7, 11) is 0. The van der Waals surface area contributed by atoms with Crippen LogP contribution in [0, 0.1) is 0 Å². The largest absolute Gasteiger partial charge is 0.483 e. The molecule has 1 N–H and O–H groups in total. The monoisotopic (exact) mass is 429 g/mol. The Morgan fingerprint density at radius 2 is 2.10 bits per heavy atom. The molecule has 166 valence electrons. The zero-order chi connectivity index (χ0) is 22.2. The Labute approximate surface area is 180 Å². The molecule has 0 bridgehead atoms. The molecular weight excluding hydrogens is 402 g/mol. The number of ether oxygens (including phenoxy) is 2. The summed E-state index contributed by atoms with van der Waals surface area (Å²) in [6.07, 6.45) is 1.26. The predicted octanol–water partition coefficient (Wildman–Crippen LogP) is 0.854. The number of fused-ring (bicyclic) bond motifs is 1. The van der Waals surface area contributed by atoms with Crippen molar-refractivity contribution >= 4 is 23.6 Å². The van der Waals surface area contributed by atoms with Crippen LogP contribution in [0.3, 0.4) is 0 Å². The van der Waals surface area contributed by atoms with E-state index < -0.39 is 17.5 Å². The van der Waals surface area contributed by atoms with E-state index in [1.807, 2.05) is 13.8 Å². The maximum absolute atomic E-state index is 12.9. The first kappa shape index (κ1) is 21.3. The van der Waals surface area contributed by atoms with E-state index in [2.05, 4.69) is 5.32 Å². The lowest BCUT2D eigenvalue weighted by Crippen LogP contribution is -2.52. The number of amides is 4. The first-order valence-corrected chi connectivity index (χ1v) is 10.6. The smallest absolute Gasteiger partial charge is 0.261 e. The van der Waals surface area contributed by atoms with Crippen LogP contribution >= 0.6 is 0 Å². The Kier molecular flexibility index (Phi) is 5.70. The number of benzene rings is 1. The van der Waals surface area contributed by atoms with Crippen LogP contribution in [-0.4, -0.2) is 71.4 Å². The fourth-order valence-corrected chi connectivity index (χ4v) is 4.40. The second-order valence-corrected chi connectivity index (χ2v) is 8.73. The van der Waals surface area contributed by atoms with Crippen LogP contribution in [0.25, 0.3) is 0 Å². The van der Waals surface area contributed by atoms with E-state index in [9.17, 15) is 19.2 Å². The van der Waals surface area contributed by atoms with Crippen molar-refractivity contribution in [3.8, 4) is 5.75 Å². The third kappa shape index (κ3) is 4.14. The van der Waals surface area contributed by atoms with E-state index in [4.69, 9.17) is 9.47 Å². The van der Waals surface area contributed by atoms with Gasteiger partial charge in [0.15, 0.2) is 6.61 Å². The maximum Gasteiger partial charge on any atom is 0.261 e. The van der Waals surface area contributed by atoms with Crippen LogP contribution in [0.2, 0.25) is 0 Å². The molecule has 4 amide bonds. The molecule has 0 spiro atoms. The molecular formula is C22H27N3O6. The summed E-state index contributed by atoms with van der Waals surface area (Å²) in [5.41, 5.74) is 0.690.